The first-order chi connectivity index (χ1) is 11.5. The molecule has 3 rings (SSSR count). The number of hydrogen-bond acceptors (Lipinski definition) is 2. The van der Waals surface area contributed by atoms with E-state index in [4.69, 9.17) is 27.9 Å². The number of aromatic amines is 1. The molecule has 0 aliphatic carbocycles. The van der Waals surface area contributed by atoms with Crippen molar-refractivity contribution >= 4 is 62.7 Å². The van der Waals surface area contributed by atoms with Crippen LogP contribution in [0.15, 0.2) is 42.6 Å². The molecule has 0 fully saturated rings. The van der Waals surface area contributed by atoms with Gasteiger partial charge >= 0.3 is 5.97 Å². The summed E-state index contributed by atoms with van der Waals surface area (Å²) in [5.41, 5.74) is 2.33. The van der Waals surface area contributed by atoms with E-state index in [0.29, 0.717) is 22.2 Å². The average Bonchev–Trinajstić information content (AvgIpc) is 2.93. The second-order valence-electron chi connectivity index (χ2n) is 5.41. The van der Waals surface area contributed by atoms with Crippen LogP contribution in [0.2, 0.25) is 10.0 Å². The quantitative estimate of drug-likeness (QED) is 0.280. The predicted molar refractivity (Wildman–Crippen MR) is 106 cm³/mol. The SMILES string of the molecule is O=C(CCCc1c[nH]c2ccc(I)cc12)Oc1ccc(Cl)c(Cl)c1. The molecular weight excluding hydrogens is 460 g/mol. The Morgan fingerprint density at radius 1 is 1.12 bits per heavy atom. The number of carbonyl (C=O) groups is 1. The summed E-state index contributed by atoms with van der Waals surface area (Å²) in [6.07, 6.45) is 3.89. The Balaban J connectivity index is 1.56. The molecule has 0 bridgehead atoms. The van der Waals surface area contributed by atoms with Crippen molar-refractivity contribution in [3.05, 3.63) is 61.8 Å². The van der Waals surface area contributed by atoms with Crippen molar-refractivity contribution in [1.82, 2.24) is 4.98 Å². The fourth-order valence-electron chi connectivity index (χ4n) is 2.50. The van der Waals surface area contributed by atoms with Gasteiger partial charge in [0, 0.05) is 33.2 Å². The van der Waals surface area contributed by atoms with Crippen LogP contribution in [-0.4, -0.2) is 11.0 Å². The van der Waals surface area contributed by atoms with E-state index in [9.17, 15) is 4.79 Å². The van der Waals surface area contributed by atoms with Crippen LogP contribution >= 0.6 is 45.8 Å². The second kappa shape index (κ2) is 7.76. The van der Waals surface area contributed by atoms with Crippen molar-refractivity contribution in [2.24, 2.45) is 0 Å². The number of esters is 1. The molecule has 0 amide bonds. The van der Waals surface area contributed by atoms with Gasteiger partial charge in [-0.25, -0.2) is 0 Å². The van der Waals surface area contributed by atoms with Gasteiger partial charge in [0.2, 0.25) is 0 Å². The summed E-state index contributed by atoms with van der Waals surface area (Å²) in [5, 5.41) is 2.01. The standard InChI is InChI=1S/C18H14Cl2INO2/c19-15-6-5-13(9-16(15)20)24-18(23)3-1-2-11-10-22-17-7-4-12(21)8-14(11)17/h4-10,22H,1-3H2. The van der Waals surface area contributed by atoms with Gasteiger partial charge in [-0.2, -0.15) is 0 Å². The topological polar surface area (TPSA) is 42.1 Å². The second-order valence-corrected chi connectivity index (χ2v) is 7.47. The molecule has 0 aliphatic rings. The molecule has 24 heavy (non-hydrogen) atoms. The lowest BCUT2D eigenvalue weighted by atomic mass is 10.1. The van der Waals surface area contributed by atoms with Gasteiger partial charge in [0.1, 0.15) is 5.75 Å². The summed E-state index contributed by atoms with van der Waals surface area (Å²) < 4.78 is 6.48. The molecule has 1 N–H and O–H groups in total. The van der Waals surface area contributed by atoms with Crippen LogP contribution in [-0.2, 0) is 11.2 Å². The van der Waals surface area contributed by atoms with E-state index in [2.05, 4.69) is 45.8 Å². The van der Waals surface area contributed by atoms with Gasteiger partial charge in [0.25, 0.3) is 0 Å². The summed E-state index contributed by atoms with van der Waals surface area (Å²) >= 11 is 14.1. The van der Waals surface area contributed by atoms with Crippen LogP contribution in [0.3, 0.4) is 0 Å². The Morgan fingerprint density at radius 3 is 2.75 bits per heavy atom. The number of benzene rings is 2. The third-order valence-electron chi connectivity index (χ3n) is 3.68. The van der Waals surface area contributed by atoms with Crippen molar-refractivity contribution in [3.63, 3.8) is 0 Å². The molecule has 0 spiro atoms. The number of halogens is 3. The number of aromatic nitrogens is 1. The molecule has 0 saturated heterocycles. The van der Waals surface area contributed by atoms with E-state index in [1.54, 1.807) is 18.2 Å². The van der Waals surface area contributed by atoms with Crippen LogP contribution < -0.4 is 4.74 Å². The minimum atomic E-state index is -0.275. The number of rotatable bonds is 5. The zero-order valence-corrected chi connectivity index (χ0v) is 16.3. The largest absolute Gasteiger partial charge is 0.426 e. The maximum absolute atomic E-state index is 11.9. The predicted octanol–water partition coefficient (Wildman–Crippen LogP) is 6.01. The average molecular weight is 474 g/mol. The first-order valence-corrected chi connectivity index (χ1v) is 9.27. The highest BCUT2D eigenvalue weighted by atomic mass is 127. The Morgan fingerprint density at radius 2 is 1.96 bits per heavy atom. The summed E-state index contributed by atoms with van der Waals surface area (Å²) in [6.45, 7) is 0. The van der Waals surface area contributed by atoms with Gasteiger partial charge in [-0.1, -0.05) is 23.2 Å². The summed E-state index contributed by atoms with van der Waals surface area (Å²) in [4.78, 5) is 15.2. The maximum Gasteiger partial charge on any atom is 0.311 e. The van der Waals surface area contributed by atoms with Crippen LogP contribution in [0, 0.1) is 3.57 Å². The van der Waals surface area contributed by atoms with E-state index >= 15 is 0 Å². The Bertz CT molecular complexity index is 892. The molecule has 6 heteroatoms. The summed E-state index contributed by atoms with van der Waals surface area (Å²) in [7, 11) is 0. The number of aryl methyl sites for hydroxylation is 1. The zero-order valence-electron chi connectivity index (χ0n) is 12.6. The zero-order chi connectivity index (χ0) is 17.1. The molecule has 0 atom stereocenters. The smallest absolute Gasteiger partial charge is 0.311 e. The minimum absolute atomic E-state index is 0.275. The molecule has 0 unspecified atom stereocenters. The fourth-order valence-corrected chi connectivity index (χ4v) is 3.28. The van der Waals surface area contributed by atoms with E-state index in [1.807, 2.05) is 6.20 Å². The number of ether oxygens (including phenoxy) is 1. The van der Waals surface area contributed by atoms with Crippen LogP contribution in [0.25, 0.3) is 10.9 Å². The lowest BCUT2D eigenvalue weighted by Crippen LogP contribution is -2.08. The first-order valence-electron chi connectivity index (χ1n) is 7.44. The molecule has 124 valence electrons. The van der Waals surface area contributed by atoms with Gasteiger partial charge in [-0.3, -0.25) is 4.79 Å². The molecule has 1 heterocycles. The summed E-state index contributed by atoms with van der Waals surface area (Å²) in [5.74, 6) is 0.138. The van der Waals surface area contributed by atoms with Crippen LogP contribution in [0.4, 0.5) is 0 Å². The first kappa shape index (κ1) is 17.6. The van der Waals surface area contributed by atoms with Crippen LogP contribution in [0.1, 0.15) is 18.4 Å². The fraction of sp³-hybridized carbons (Fsp3) is 0.167. The number of fused-ring (bicyclic) bond motifs is 1. The van der Waals surface area contributed by atoms with E-state index in [0.717, 1.165) is 18.4 Å². The van der Waals surface area contributed by atoms with Gasteiger partial charge < -0.3 is 9.72 Å². The van der Waals surface area contributed by atoms with E-state index in [-0.39, 0.29) is 5.97 Å². The number of hydrogen-bond donors (Lipinski definition) is 1. The van der Waals surface area contributed by atoms with Crippen molar-refractivity contribution in [2.45, 2.75) is 19.3 Å². The van der Waals surface area contributed by atoms with Gasteiger partial charge in [-0.05, 0) is 71.3 Å². The summed E-state index contributed by atoms with van der Waals surface area (Å²) in [6, 6.07) is 11.1. The maximum atomic E-state index is 11.9. The molecule has 3 nitrogen and oxygen atoms in total. The van der Waals surface area contributed by atoms with E-state index in [1.165, 1.54) is 14.5 Å². The Kier molecular flexibility index (Phi) is 5.69. The lowest BCUT2D eigenvalue weighted by Gasteiger charge is -2.05. The minimum Gasteiger partial charge on any atom is -0.426 e. The lowest BCUT2D eigenvalue weighted by molar-refractivity contribution is -0.134. The number of nitrogens with one attached hydrogen (secondary N) is 1. The highest BCUT2D eigenvalue weighted by molar-refractivity contribution is 14.1. The Labute approximate surface area is 163 Å². The van der Waals surface area contributed by atoms with Crippen molar-refractivity contribution in [1.29, 1.82) is 0 Å². The van der Waals surface area contributed by atoms with Crippen molar-refractivity contribution in [3.8, 4) is 5.75 Å². The Hall–Kier alpha value is -1.24. The number of carbonyl (C=O) groups excluding carboxylic acids is 1. The molecular formula is C18H14Cl2INO2. The molecule has 0 aliphatic heterocycles. The van der Waals surface area contributed by atoms with E-state index < -0.39 is 0 Å². The highest BCUT2D eigenvalue weighted by Crippen LogP contribution is 2.27. The van der Waals surface area contributed by atoms with Gasteiger partial charge in [-0.15, -0.1) is 0 Å². The molecule has 0 saturated carbocycles. The van der Waals surface area contributed by atoms with Crippen LogP contribution in [0.5, 0.6) is 5.75 Å². The number of H-pyrrole nitrogens is 1. The normalized spacial score (nSPS) is 11.0. The van der Waals surface area contributed by atoms with Crippen molar-refractivity contribution < 1.29 is 9.53 Å². The third kappa shape index (κ3) is 4.23. The van der Waals surface area contributed by atoms with Gasteiger partial charge in [0.05, 0.1) is 10.0 Å². The van der Waals surface area contributed by atoms with Gasteiger partial charge in [0.15, 0.2) is 0 Å². The molecule has 1 aromatic heterocycles. The van der Waals surface area contributed by atoms with Crippen molar-refractivity contribution in [2.75, 3.05) is 0 Å². The third-order valence-corrected chi connectivity index (χ3v) is 5.09. The molecule has 0 radical (unpaired) electrons. The molecule has 2 aromatic carbocycles. The highest BCUT2D eigenvalue weighted by Gasteiger charge is 2.09. The monoisotopic (exact) mass is 473 g/mol. The molecule has 3 aromatic rings.